The summed E-state index contributed by atoms with van der Waals surface area (Å²) in [4.78, 5) is 11.0. The first-order valence-electron chi connectivity index (χ1n) is 4.30. The van der Waals surface area contributed by atoms with Gasteiger partial charge in [-0.3, -0.25) is 4.79 Å². The van der Waals surface area contributed by atoms with E-state index < -0.39 is 11.4 Å². The Hall–Kier alpha value is -0.610. The Kier molecular flexibility index (Phi) is 1.81. The van der Waals surface area contributed by atoms with Crippen LogP contribution in [0.5, 0.6) is 0 Å². The molecule has 0 aromatic carbocycles. The molecular formula is C8H13NO3. The Balaban J connectivity index is 2.23. The van der Waals surface area contributed by atoms with Crippen molar-refractivity contribution < 1.29 is 14.6 Å². The highest BCUT2D eigenvalue weighted by atomic mass is 16.5. The van der Waals surface area contributed by atoms with E-state index in [0.29, 0.717) is 19.6 Å². The summed E-state index contributed by atoms with van der Waals surface area (Å²) in [6, 6.07) is 0.128. The van der Waals surface area contributed by atoms with Crippen LogP contribution in [0.25, 0.3) is 0 Å². The van der Waals surface area contributed by atoms with Crippen LogP contribution >= 0.6 is 0 Å². The minimum absolute atomic E-state index is 0.128. The summed E-state index contributed by atoms with van der Waals surface area (Å²) >= 11 is 0. The van der Waals surface area contributed by atoms with Gasteiger partial charge in [-0.2, -0.15) is 0 Å². The molecule has 0 radical (unpaired) electrons. The van der Waals surface area contributed by atoms with E-state index in [4.69, 9.17) is 9.84 Å². The smallest absolute Gasteiger partial charge is 0.313 e. The number of aliphatic carboxylic acids is 1. The third-order valence-corrected chi connectivity index (χ3v) is 2.97. The van der Waals surface area contributed by atoms with Gasteiger partial charge in [0.25, 0.3) is 0 Å². The van der Waals surface area contributed by atoms with Crippen molar-refractivity contribution in [2.45, 2.75) is 18.9 Å². The molecule has 2 N–H and O–H groups in total. The van der Waals surface area contributed by atoms with Crippen molar-refractivity contribution in [3.8, 4) is 0 Å². The molecule has 0 aliphatic carbocycles. The first-order chi connectivity index (χ1) is 5.76. The summed E-state index contributed by atoms with van der Waals surface area (Å²) in [7, 11) is 0. The molecule has 2 aliphatic rings. The minimum atomic E-state index is -0.711. The monoisotopic (exact) mass is 171 g/mol. The van der Waals surface area contributed by atoms with Gasteiger partial charge in [0.1, 0.15) is 5.41 Å². The standard InChI is InChI=1S/C8H13NO3/c10-7(11)8-2-3-9-6(8)1-4-12-5-8/h6,9H,1-5H2,(H,10,11)/t6?,8-/m0/s1. The number of carbonyl (C=O) groups is 1. The van der Waals surface area contributed by atoms with Gasteiger partial charge in [-0.25, -0.2) is 0 Å². The molecule has 68 valence electrons. The van der Waals surface area contributed by atoms with Crippen LogP contribution in [0.15, 0.2) is 0 Å². The van der Waals surface area contributed by atoms with E-state index in [0.717, 1.165) is 13.0 Å². The van der Waals surface area contributed by atoms with Crippen molar-refractivity contribution in [1.82, 2.24) is 5.32 Å². The van der Waals surface area contributed by atoms with Gasteiger partial charge in [0.15, 0.2) is 0 Å². The Morgan fingerprint density at radius 2 is 2.50 bits per heavy atom. The van der Waals surface area contributed by atoms with Gasteiger partial charge in [-0.1, -0.05) is 0 Å². The lowest BCUT2D eigenvalue weighted by Gasteiger charge is -2.34. The molecule has 2 atom stereocenters. The zero-order valence-electron chi connectivity index (χ0n) is 6.88. The lowest BCUT2D eigenvalue weighted by Crippen LogP contribution is -2.49. The van der Waals surface area contributed by atoms with Crippen LogP contribution in [-0.4, -0.2) is 36.9 Å². The summed E-state index contributed by atoms with van der Waals surface area (Å²) in [5, 5.41) is 12.3. The molecule has 0 spiro atoms. The number of carboxylic acid groups (broad SMARTS) is 1. The topological polar surface area (TPSA) is 58.6 Å². The maximum absolute atomic E-state index is 11.0. The highest BCUT2D eigenvalue weighted by molar-refractivity contribution is 5.76. The molecule has 0 aromatic rings. The van der Waals surface area contributed by atoms with Crippen LogP contribution in [0, 0.1) is 5.41 Å². The van der Waals surface area contributed by atoms with Crippen molar-refractivity contribution in [2.24, 2.45) is 5.41 Å². The molecule has 0 saturated carbocycles. The molecule has 4 nitrogen and oxygen atoms in total. The van der Waals surface area contributed by atoms with Gasteiger partial charge in [0.2, 0.25) is 0 Å². The van der Waals surface area contributed by atoms with E-state index in [1.807, 2.05) is 0 Å². The highest BCUT2D eigenvalue weighted by Crippen LogP contribution is 2.36. The van der Waals surface area contributed by atoms with Crippen molar-refractivity contribution >= 4 is 5.97 Å². The molecule has 12 heavy (non-hydrogen) atoms. The summed E-state index contributed by atoms with van der Waals surface area (Å²) in [5.74, 6) is -0.711. The Labute approximate surface area is 70.9 Å². The second kappa shape index (κ2) is 2.71. The molecule has 0 bridgehead atoms. The number of hydrogen-bond donors (Lipinski definition) is 2. The summed E-state index contributed by atoms with van der Waals surface area (Å²) in [5.41, 5.74) is -0.627. The van der Waals surface area contributed by atoms with E-state index in [1.165, 1.54) is 0 Å². The fourth-order valence-electron chi connectivity index (χ4n) is 2.16. The number of fused-ring (bicyclic) bond motifs is 1. The Morgan fingerprint density at radius 3 is 3.17 bits per heavy atom. The molecule has 0 amide bonds. The maximum Gasteiger partial charge on any atom is 0.313 e. The average molecular weight is 171 g/mol. The first kappa shape index (κ1) is 8.01. The number of rotatable bonds is 1. The lowest BCUT2D eigenvalue weighted by molar-refractivity contribution is -0.157. The van der Waals surface area contributed by atoms with E-state index in [9.17, 15) is 4.79 Å². The average Bonchev–Trinajstić information content (AvgIpc) is 2.48. The normalized spacial score (nSPS) is 40.8. The predicted octanol–water partition coefficient (Wildman–Crippen LogP) is -0.160. The van der Waals surface area contributed by atoms with Gasteiger partial charge >= 0.3 is 5.97 Å². The Morgan fingerprint density at radius 1 is 1.67 bits per heavy atom. The molecular weight excluding hydrogens is 158 g/mol. The largest absolute Gasteiger partial charge is 0.481 e. The van der Waals surface area contributed by atoms with Gasteiger partial charge in [-0.15, -0.1) is 0 Å². The van der Waals surface area contributed by atoms with Gasteiger partial charge in [-0.05, 0) is 19.4 Å². The molecule has 1 unspecified atom stereocenters. The van der Waals surface area contributed by atoms with E-state index in [1.54, 1.807) is 0 Å². The Bertz CT molecular complexity index is 206. The van der Waals surface area contributed by atoms with Crippen LogP contribution in [0.1, 0.15) is 12.8 Å². The lowest BCUT2D eigenvalue weighted by atomic mass is 9.78. The SMILES string of the molecule is O=C(O)[C@]12CCNC1CCOC2. The van der Waals surface area contributed by atoms with Crippen LogP contribution < -0.4 is 5.32 Å². The molecule has 2 rings (SSSR count). The predicted molar refractivity (Wildman–Crippen MR) is 41.9 cm³/mol. The number of hydrogen-bond acceptors (Lipinski definition) is 3. The third kappa shape index (κ3) is 0.949. The van der Waals surface area contributed by atoms with E-state index in [2.05, 4.69) is 5.32 Å². The van der Waals surface area contributed by atoms with Gasteiger partial charge in [0.05, 0.1) is 6.61 Å². The second-order valence-electron chi connectivity index (χ2n) is 3.56. The highest BCUT2D eigenvalue weighted by Gasteiger charge is 2.51. The van der Waals surface area contributed by atoms with Crippen LogP contribution in [0.2, 0.25) is 0 Å². The number of ether oxygens (including phenoxy) is 1. The van der Waals surface area contributed by atoms with Crippen molar-refractivity contribution in [1.29, 1.82) is 0 Å². The fraction of sp³-hybridized carbons (Fsp3) is 0.875. The molecule has 2 fully saturated rings. The van der Waals surface area contributed by atoms with Crippen molar-refractivity contribution in [3.63, 3.8) is 0 Å². The fourth-order valence-corrected chi connectivity index (χ4v) is 2.16. The number of carboxylic acids is 1. The summed E-state index contributed by atoms with van der Waals surface area (Å²) in [6.45, 7) is 1.87. The maximum atomic E-state index is 11.0. The van der Waals surface area contributed by atoms with Gasteiger partial charge < -0.3 is 15.2 Å². The van der Waals surface area contributed by atoms with E-state index in [-0.39, 0.29) is 6.04 Å². The zero-order valence-corrected chi connectivity index (χ0v) is 6.88. The molecule has 2 heterocycles. The molecule has 2 saturated heterocycles. The summed E-state index contributed by atoms with van der Waals surface area (Å²) < 4.78 is 5.23. The van der Waals surface area contributed by atoms with Crippen molar-refractivity contribution in [3.05, 3.63) is 0 Å². The van der Waals surface area contributed by atoms with Crippen molar-refractivity contribution in [2.75, 3.05) is 19.8 Å². The third-order valence-electron chi connectivity index (χ3n) is 2.97. The number of nitrogens with one attached hydrogen (secondary N) is 1. The summed E-state index contributed by atoms with van der Waals surface area (Å²) in [6.07, 6.45) is 1.53. The molecule has 2 aliphatic heterocycles. The van der Waals surface area contributed by atoms with Gasteiger partial charge in [0, 0.05) is 12.6 Å². The zero-order chi connectivity index (χ0) is 8.60. The first-order valence-corrected chi connectivity index (χ1v) is 4.30. The van der Waals surface area contributed by atoms with Crippen LogP contribution in [-0.2, 0) is 9.53 Å². The van der Waals surface area contributed by atoms with Crippen LogP contribution in [0.4, 0.5) is 0 Å². The molecule has 0 aromatic heterocycles. The second-order valence-corrected chi connectivity index (χ2v) is 3.56. The molecule has 4 heteroatoms. The minimum Gasteiger partial charge on any atom is -0.481 e. The van der Waals surface area contributed by atoms with Crippen LogP contribution in [0.3, 0.4) is 0 Å². The quantitative estimate of drug-likeness (QED) is 0.575. The van der Waals surface area contributed by atoms with E-state index >= 15 is 0 Å².